The van der Waals surface area contributed by atoms with Gasteiger partial charge in [-0.25, -0.2) is 0 Å². The van der Waals surface area contributed by atoms with Gasteiger partial charge in [0.15, 0.2) is 0 Å². The van der Waals surface area contributed by atoms with E-state index in [4.69, 9.17) is 27.1 Å². The Hall–Kier alpha value is 0.410. The van der Waals surface area contributed by atoms with Crippen molar-refractivity contribution in [3.8, 4) is 0 Å². The third kappa shape index (κ3) is 5.23. The van der Waals surface area contributed by atoms with Gasteiger partial charge in [0.05, 0.1) is 6.16 Å². The van der Waals surface area contributed by atoms with Crippen LogP contribution in [0.15, 0.2) is 0 Å². The van der Waals surface area contributed by atoms with E-state index in [1.54, 1.807) is 13.8 Å². The van der Waals surface area contributed by atoms with Crippen molar-refractivity contribution >= 4 is 22.8 Å². The van der Waals surface area contributed by atoms with E-state index in [0.29, 0.717) is 0 Å². The minimum absolute atomic E-state index is 0.229. The van der Waals surface area contributed by atoms with Crippen LogP contribution in [0.2, 0.25) is 0 Å². The predicted octanol–water partition coefficient (Wildman–Crippen LogP) is 3.49. The van der Waals surface area contributed by atoms with E-state index in [1.165, 1.54) is 14.2 Å². The van der Waals surface area contributed by atoms with Crippen LogP contribution >= 0.6 is 22.8 Å². The van der Waals surface area contributed by atoms with Crippen molar-refractivity contribution in [2.75, 3.05) is 48.8 Å². The van der Waals surface area contributed by atoms with Crippen molar-refractivity contribution in [1.82, 2.24) is 5.32 Å². The van der Waals surface area contributed by atoms with Crippen molar-refractivity contribution in [3.05, 3.63) is 0 Å². The molecule has 0 saturated carbocycles. The van der Waals surface area contributed by atoms with Crippen molar-refractivity contribution < 1.29 is 40.8 Å². The lowest BCUT2D eigenvalue weighted by molar-refractivity contribution is 0.204. The first-order chi connectivity index (χ1) is 11.5. The number of hydrogen-bond donors (Lipinski definition) is 1. The molecule has 0 aromatic heterocycles. The summed E-state index contributed by atoms with van der Waals surface area (Å²) >= 11 is 0. The van der Waals surface area contributed by atoms with Crippen LogP contribution in [0, 0.1) is 0 Å². The molecule has 0 heterocycles. The number of nitrogens with one attached hydrogen (secondary N) is 1. The Morgan fingerprint density at radius 3 is 1.36 bits per heavy atom. The maximum absolute atomic E-state index is 13.4. The van der Waals surface area contributed by atoms with E-state index in [1.807, 2.05) is 0 Å². The highest BCUT2D eigenvalue weighted by Gasteiger charge is 2.65. The molecular weight excluding hydrogens is 395 g/mol. The quantitative estimate of drug-likeness (QED) is 0.439. The molecule has 13 heteroatoms. The van der Waals surface area contributed by atoms with Gasteiger partial charge in [-0.05, 0) is 13.8 Å². The second-order valence-corrected chi connectivity index (χ2v) is 13.0. The highest BCUT2D eigenvalue weighted by Crippen LogP contribution is 2.77. The Balaban J connectivity index is 6.45. The molecule has 152 valence electrons. The summed E-state index contributed by atoms with van der Waals surface area (Å²) in [4.78, 5) is 0. The highest BCUT2D eigenvalue weighted by molar-refractivity contribution is 7.74. The fourth-order valence-electron chi connectivity index (χ4n) is 2.42. The molecule has 0 fully saturated rings. The molecule has 0 saturated heterocycles. The Morgan fingerprint density at radius 2 is 1.12 bits per heavy atom. The zero-order chi connectivity index (χ0) is 19.9. The summed E-state index contributed by atoms with van der Waals surface area (Å²) in [5, 5.41) is 1.02. The molecule has 0 rings (SSSR count). The fourth-order valence-corrected chi connectivity index (χ4v) is 9.19. The average molecular weight is 425 g/mol. The number of hydrogen-bond acceptors (Lipinski definition) is 10. The first kappa shape index (κ1) is 25.4. The van der Waals surface area contributed by atoms with Gasteiger partial charge in [0.1, 0.15) is 0 Å². The predicted molar refractivity (Wildman–Crippen MR) is 95.4 cm³/mol. The number of rotatable bonds is 13. The van der Waals surface area contributed by atoms with Gasteiger partial charge in [0.2, 0.25) is 5.02 Å². The van der Waals surface area contributed by atoms with Gasteiger partial charge < -0.3 is 27.1 Å². The third-order valence-corrected chi connectivity index (χ3v) is 11.5. The normalized spacial score (nSPS) is 14.3. The Bertz CT molecular complexity index is 504. The zero-order valence-corrected chi connectivity index (χ0v) is 18.7. The fraction of sp³-hybridized carbons (Fsp3) is 1.00. The van der Waals surface area contributed by atoms with E-state index >= 15 is 0 Å². The molecule has 0 aromatic carbocycles. The molecule has 10 nitrogen and oxygen atoms in total. The summed E-state index contributed by atoms with van der Waals surface area (Å²) in [7, 11) is -4.63. The molecule has 0 radical (unpaired) electrons. The lowest BCUT2D eigenvalue weighted by atomic mass is 10.3. The van der Waals surface area contributed by atoms with Crippen molar-refractivity contribution in [2.45, 2.75) is 31.3 Å². The van der Waals surface area contributed by atoms with Gasteiger partial charge in [0.25, 0.3) is 0 Å². The average Bonchev–Trinajstić information content (AvgIpc) is 2.62. The molecule has 0 spiro atoms. The molecule has 0 bridgehead atoms. The van der Waals surface area contributed by atoms with Crippen LogP contribution in [0.3, 0.4) is 0 Å². The summed E-state index contributed by atoms with van der Waals surface area (Å²) in [6.45, 7) is 3.48. The van der Waals surface area contributed by atoms with Gasteiger partial charge >= 0.3 is 22.8 Å². The molecule has 0 aliphatic carbocycles. The van der Waals surface area contributed by atoms with Crippen LogP contribution in [0.4, 0.5) is 0 Å². The molecule has 0 aliphatic heterocycles. The smallest absolute Gasteiger partial charge is 0.312 e. The maximum atomic E-state index is 13.4. The summed E-state index contributed by atoms with van der Waals surface area (Å²) in [6.07, 6.45) is -0.477. The van der Waals surface area contributed by atoms with E-state index in [0.717, 1.165) is 28.4 Å². The standard InChI is InChI=1S/C12H30NO9P3/c1-11(2)13-12(24(15,19-5)20-6,25(16,21-7)22-8)9-10-23(14,17-3)18-4/h11,13H,9-10H2,1-8H3. The highest BCUT2D eigenvalue weighted by atomic mass is 31.2. The van der Waals surface area contributed by atoms with Gasteiger partial charge in [-0.15, -0.1) is 0 Å². The van der Waals surface area contributed by atoms with Crippen LogP contribution in [0.5, 0.6) is 0 Å². The van der Waals surface area contributed by atoms with Gasteiger partial charge in [0, 0.05) is 55.1 Å². The van der Waals surface area contributed by atoms with E-state index in [2.05, 4.69) is 5.32 Å². The van der Waals surface area contributed by atoms with Gasteiger partial charge in [-0.3, -0.25) is 19.0 Å². The molecule has 0 aliphatic rings. The lowest BCUT2D eigenvalue weighted by Gasteiger charge is -2.42. The van der Waals surface area contributed by atoms with Crippen molar-refractivity contribution in [3.63, 3.8) is 0 Å². The van der Waals surface area contributed by atoms with Crippen LogP contribution in [0.25, 0.3) is 0 Å². The first-order valence-corrected chi connectivity index (χ1v) is 12.2. The van der Waals surface area contributed by atoms with Crippen LogP contribution in [0.1, 0.15) is 20.3 Å². The third-order valence-electron chi connectivity index (χ3n) is 3.68. The summed E-state index contributed by atoms with van der Waals surface area (Å²) in [6, 6.07) is -0.318. The SMILES string of the molecule is COP(=O)(CCC(NC(C)C)(P(=O)(OC)OC)P(=O)(OC)OC)OC. The van der Waals surface area contributed by atoms with E-state index in [-0.39, 0.29) is 18.6 Å². The zero-order valence-electron chi connectivity index (χ0n) is 16.0. The molecule has 25 heavy (non-hydrogen) atoms. The lowest BCUT2D eigenvalue weighted by Crippen LogP contribution is -2.50. The minimum Gasteiger partial charge on any atom is -0.312 e. The molecule has 0 aromatic rings. The monoisotopic (exact) mass is 425 g/mol. The van der Waals surface area contributed by atoms with Gasteiger partial charge in [-0.2, -0.15) is 0 Å². The summed E-state index contributed by atoms with van der Waals surface area (Å²) in [5.74, 6) is 0. The topological polar surface area (TPSA) is 119 Å². The second-order valence-electron chi connectivity index (χ2n) is 5.29. The maximum Gasteiger partial charge on any atom is 0.362 e. The summed E-state index contributed by atoms with van der Waals surface area (Å²) in [5.41, 5.74) is 0. The molecule has 0 unspecified atom stereocenters. The molecular formula is C12H30NO9P3. The largest absolute Gasteiger partial charge is 0.362 e. The molecule has 0 atom stereocenters. The van der Waals surface area contributed by atoms with Crippen LogP contribution in [-0.2, 0) is 40.8 Å². The Labute approximate surface area is 149 Å². The van der Waals surface area contributed by atoms with E-state index in [9.17, 15) is 13.7 Å². The summed E-state index contributed by atoms with van der Waals surface area (Å²) < 4.78 is 69.4. The minimum atomic E-state index is -4.09. The molecule has 1 N–H and O–H groups in total. The van der Waals surface area contributed by atoms with Crippen molar-refractivity contribution in [1.29, 1.82) is 0 Å². The first-order valence-electron chi connectivity index (χ1n) is 7.40. The van der Waals surface area contributed by atoms with Gasteiger partial charge in [-0.1, -0.05) is 0 Å². The van der Waals surface area contributed by atoms with Crippen molar-refractivity contribution in [2.24, 2.45) is 0 Å². The van der Waals surface area contributed by atoms with E-state index < -0.39 is 27.8 Å². The Kier molecular flexibility index (Phi) is 10.3. The van der Waals surface area contributed by atoms with Crippen LogP contribution in [-0.4, -0.2) is 59.9 Å². The molecule has 0 amide bonds. The van der Waals surface area contributed by atoms with Crippen LogP contribution < -0.4 is 5.32 Å². The Morgan fingerprint density at radius 1 is 0.760 bits per heavy atom. The second kappa shape index (κ2) is 10.1.